The van der Waals surface area contributed by atoms with Gasteiger partial charge in [0.15, 0.2) is 6.10 Å². The van der Waals surface area contributed by atoms with E-state index in [2.05, 4.69) is 33.1 Å². The maximum absolute atomic E-state index is 11.7. The summed E-state index contributed by atoms with van der Waals surface area (Å²) in [4.78, 5) is 11.7. The number of phenols is 1. The van der Waals surface area contributed by atoms with Gasteiger partial charge in [-0.25, -0.2) is 5.43 Å². The van der Waals surface area contributed by atoms with Crippen molar-refractivity contribution >= 4 is 34.7 Å². The summed E-state index contributed by atoms with van der Waals surface area (Å²) in [6.07, 6.45) is 0.0421. The first kappa shape index (κ1) is 15.5. The SMILES string of the molecule is O=C(NN=Cc1cc(I)ccc1O)C(O)c1ccccc1. The molecule has 0 bridgehead atoms. The Morgan fingerprint density at radius 2 is 1.95 bits per heavy atom. The van der Waals surface area contributed by atoms with E-state index in [1.54, 1.807) is 48.5 Å². The van der Waals surface area contributed by atoms with Crippen LogP contribution < -0.4 is 5.43 Å². The first-order chi connectivity index (χ1) is 10.1. The van der Waals surface area contributed by atoms with E-state index in [-0.39, 0.29) is 5.75 Å². The Morgan fingerprint density at radius 1 is 1.24 bits per heavy atom. The molecular weight excluding hydrogens is 383 g/mol. The first-order valence-corrected chi connectivity index (χ1v) is 7.20. The Labute approximate surface area is 135 Å². The van der Waals surface area contributed by atoms with Gasteiger partial charge in [0.2, 0.25) is 0 Å². The van der Waals surface area contributed by atoms with Crippen LogP contribution in [0.3, 0.4) is 0 Å². The lowest BCUT2D eigenvalue weighted by Crippen LogP contribution is -2.25. The van der Waals surface area contributed by atoms with Crippen LogP contribution in [-0.2, 0) is 4.79 Å². The number of aromatic hydroxyl groups is 1. The third-order valence-electron chi connectivity index (χ3n) is 2.73. The molecule has 0 aliphatic carbocycles. The molecule has 0 aliphatic heterocycles. The van der Waals surface area contributed by atoms with E-state index in [1.807, 2.05) is 0 Å². The quantitative estimate of drug-likeness (QED) is 0.421. The van der Waals surface area contributed by atoms with Crippen molar-refractivity contribution in [2.24, 2.45) is 5.10 Å². The van der Waals surface area contributed by atoms with Crippen molar-refractivity contribution < 1.29 is 15.0 Å². The number of benzene rings is 2. The number of aliphatic hydroxyl groups excluding tert-OH is 1. The summed E-state index contributed by atoms with van der Waals surface area (Å²) in [5.74, 6) is -0.570. The lowest BCUT2D eigenvalue weighted by atomic mass is 10.1. The van der Waals surface area contributed by atoms with Gasteiger partial charge in [-0.1, -0.05) is 30.3 Å². The molecule has 21 heavy (non-hydrogen) atoms. The third-order valence-corrected chi connectivity index (χ3v) is 3.40. The van der Waals surface area contributed by atoms with Crippen LogP contribution >= 0.6 is 22.6 Å². The fraction of sp³-hybridized carbons (Fsp3) is 0.0667. The van der Waals surface area contributed by atoms with Gasteiger partial charge in [0.1, 0.15) is 5.75 Å². The number of hydrazone groups is 1. The van der Waals surface area contributed by atoms with Crippen molar-refractivity contribution in [2.75, 3.05) is 0 Å². The number of nitrogens with one attached hydrogen (secondary N) is 1. The lowest BCUT2D eigenvalue weighted by molar-refractivity contribution is -0.129. The fourth-order valence-electron chi connectivity index (χ4n) is 1.64. The zero-order chi connectivity index (χ0) is 15.2. The molecule has 1 amide bonds. The molecule has 2 rings (SSSR count). The highest BCUT2D eigenvalue weighted by atomic mass is 127. The van der Waals surface area contributed by atoms with Crippen LogP contribution in [0.15, 0.2) is 53.6 Å². The molecule has 1 unspecified atom stereocenters. The highest BCUT2D eigenvalue weighted by molar-refractivity contribution is 14.1. The molecule has 0 aliphatic rings. The second-order valence-corrected chi connectivity index (χ2v) is 5.50. The molecule has 0 heterocycles. The number of nitrogens with zero attached hydrogens (tertiary/aromatic N) is 1. The van der Waals surface area contributed by atoms with Crippen LogP contribution in [0.25, 0.3) is 0 Å². The Bertz CT molecular complexity index is 659. The van der Waals surface area contributed by atoms with Gasteiger partial charge >= 0.3 is 0 Å². The zero-order valence-electron chi connectivity index (χ0n) is 10.9. The molecule has 2 aromatic rings. The van der Waals surface area contributed by atoms with E-state index < -0.39 is 12.0 Å². The first-order valence-electron chi connectivity index (χ1n) is 6.12. The molecule has 2 aromatic carbocycles. The van der Waals surface area contributed by atoms with Gasteiger partial charge in [-0.2, -0.15) is 5.10 Å². The Balaban J connectivity index is 2.01. The molecule has 5 nitrogen and oxygen atoms in total. The van der Waals surface area contributed by atoms with Gasteiger partial charge in [0, 0.05) is 9.13 Å². The highest BCUT2D eigenvalue weighted by Crippen LogP contribution is 2.17. The van der Waals surface area contributed by atoms with Crippen molar-refractivity contribution in [2.45, 2.75) is 6.10 Å². The van der Waals surface area contributed by atoms with E-state index in [1.165, 1.54) is 6.21 Å². The van der Waals surface area contributed by atoms with Gasteiger partial charge in [-0.3, -0.25) is 4.79 Å². The van der Waals surface area contributed by atoms with Crippen molar-refractivity contribution in [3.8, 4) is 5.75 Å². The third kappa shape index (κ3) is 4.27. The molecule has 108 valence electrons. The van der Waals surface area contributed by atoms with Crippen LogP contribution in [0.1, 0.15) is 17.2 Å². The summed E-state index contributed by atoms with van der Waals surface area (Å²) in [5, 5.41) is 23.2. The van der Waals surface area contributed by atoms with Gasteiger partial charge in [-0.05, 0) is 46.4 Å². The average molecular weight is 396 g/mol. The fourth-order valence-corrected chi connectivity index (χ4v) is 2.16. The van der Waals surface area contributed by atoms with E-state index in [4.69, 9.17) is 0 Å². The normalized spacial score (nSPS) is 12.3. The molecule has 0 fully saturated rings. The van der Waals surface area contributed by atoms with Crippen LogP contribution in [-0.4, -0.2) is 22.3 Å². The minimum absolute atomic E-state index is 0.0667. The molecular formula is C15H13IN2O3. The number of phenolic OH excluding ortho intramolecular Hbond substituents is 1. The number of carbonyl (C=O) groups is 1. The molecule has 1 atom stereocenters. The number of hydrogen-bond donors (Lipinski definition) is 3. The van der Waals surface area contributed by atoms with Crippen molar-refractivity contribution in [1.82, 2.24) is 5.43 Å². The maximum atomic E-state index is 11.7. The zero-order valence-corrected chi connectivity index (χ0v) is 13.1. The number of amides is 1. The number of carbonyl (C=O) groups excluding carboxylic acids is 1. The number of halogens is 1. The molecule has 0 spiro atoms. The number of rotatable bonds is 4. The Kier molecular flexibility index (Phi) is 5.29. The summed E-state index contributed by atoms with van der Waals surface area (Å²) in [5.41, 5.74) is 3.21. The highest BCUT2D eigenvalue weighted by Gasteiger charge is 2.15. The van der Waals surface area contributed by atoms with Crippen LogP contribution in [0.2, 0.25) is 0 Å². The lowest BCUT2D eigenvalue weighted by Gasteiger charge is -2.08. The van der Waals surface area contributed by atoms with Crippen LogP contribution in [0, 0.1) is 3.57 Å². The van der Waals surface area contributed by atoms with E-state index >= 15 is 0 Å². The van der Waals surface area contributed by atoms with E-state index in [9.17, 15) is 15.0 Å². The molecule has 0 radical (unpaired) electrons. The Hall–Kier alpha value is -1.93. The minimum Gasteiger partial charge on any atom is -0.507 e. The molecule has 6 heteroatoms. The van der Waals surface area contributed by atoms with E-state index in [0.717, 1.165) is 3.57 Å². The summed E-state index contributed by atoms with van der Waals surface area (Å²) < 4.78 is 0.933. The standard InChI is InChI=1S/C15H13IN2O3/c16-12-6-7-13(19)11(8-12)9-17-18-15(21)14(20)10-4-2-1-3-5-10/h1-9,14,19-20H,(H,18,21). The van der Waals surface area contributed by atoms with Crippen LogP contribution in [0.4, 0.5) is 0 Å². The predicted octanol–water partition coefficient (Wildman–Crippen LogP) is 2.18. The minimum atomic E-state index is -1.28. The second kappa shape index (κ2) is 7.19. The van der Waals surface area contributed by atoms with Gasteiger partial charge < -0.3 is 10.2 Å². The maximum Gasteiger partial charge on any atom is 0.273 e. The number of aliphatic hydroxyl groups is 1. The molecule has 0 saturated carbocycles. The summed E-state index contributed by atoms with van der Waals surface area (Å²) in [7, 11) is 0. The monoisotopic (exact) mass is 396 g/mol. The summed E-state index contributed by atoms with van der Waals surface area (Å²) in [6.45, 7) is 0. The van der Waals surface area contributed by atoms with Gasteiger partial charge in [-0.15, -0.1) is 0 Å². The average Bonchev–Trinajstić information content (AvgIpc) is 2.50. The second-order valence-electron chi connectivity index (χ2n) is 4.25. The number of hydrogen-bond acceptors (Lipinski definition) is 4. The topological polar surface area (TPSA) is 81.9 Å². The largest absolute Gasteiger partial charge is 0.507 e. The van der Waals surface area contributed by atoms with E-state index in [0.29, 0.717) is 11.1 Å². The predicted molar refractivity (Wildman–Crippen MR) is 88.0 cm³/mol. The molecule has 0 saturated heterocycles. The van der Waals surface area contributed by atoms with Gasteiger partial charge in [0.25, 0.3) is 5.91 Å². The van der Waals surface area contributed by atoms with Crippen molar-refractivity contribution in [3.05, 3.63) is 63.2 Å². The summed E-state index contributed by atoms with van der Waals surface area (Å²) >= 11 is 2.11. The molecule has 0 aromatic heterocycles. The van der Waals surface area contributed by atoms with Crippen LogP contribution in [0.5, 0.6) is 5.75 Å². The molecule has 3 N–H and O–H groups in total. The van der Waals surface area contributed by atoms with Crippen molar-refractivity contribution in [1.29, 1.82) is 0 Å². The van der Waals surface area contributed by atoms with Crippen molar-refractivity contribution in [3.63, 3.8) is 0 Å². The Morgan fingerprint density at radius 3 is 2.67 bits per heavy atom. The summed E-state index contributed by atoms with van der Waals surface area (Å²) in [6, 6.07) is 13.6. The van der Waals surface area contributed by atoms with Gasteiger partial charge in [0.05, 0.1) is 6.21 Å². The smallest absolute Gasteiger partial charge is 0.273 e.